The SMILES string of the molecule is O=C(Cn1c(=O)n(Cc2cccs2)c(=O)c2ncccc21)Nc1cccc(Br)c1. The summed E-state index contributed by atoms with van der Waals surface area (Å²) in [6, 6.07) is 14.1. The van der Waals surface area contributed by atoms with E-state index in [1.54, 1.807) is 30.3 Å². The third-order valence-electron chi connectivity index (χ3n) is 4.29. The van der Waals surface area contributed by atoms with Crippen LogP contribution in [0.15, 0.2) is 74.2 Å². The molecule has 0 radical (unpaired) electrons. The number of rotatable bonds is 5. The van der Waals surface area contributed by atoms with Crippen LogP contribution in [-0.4, -0.2) is 20.0 Å². The molecule has 0 bridgehead atoms. The van der Waals surface area contributed by atoms with Gasteiger partial charge in [-0.05, 0) is 41.8 Å². The molecule has 0 aliphatic carbocycles. The lowest BCUT2D eigenvalue weighted by Gasteiger charge is -2.13. The van der Waals surface area contributed by atoms with Crippen molar-refractivity contribution < 1.29 is 4.79 Å². The van der Waals surface area contributed by atoms with Gasteiger partial charge in [0.1, 0.15) is 6.54 Å². The Labute approximate surface area is 177 Å². The van der Waals surface area contributed by atoms with Gasteiger partial charge in [0, 0.05) is 21.2 Å². The van der Waals surface area contributed by atoms with Gasteiger partial charge in [-0.15, -0.1) is 11.3 Å². The Hall–Kier alpha value is -3.04. The molecular weight excluding hydrogens is 456 g/mol. The number of nitrogens with zero attached hydrogens (tertiary/aromatic N) is 3. The van der Waals surface area contributed by atoms with Crippen LogP contribution in [0, 0.1) is 0 Å². The lowest BCUT2D eigenvalue weighted by atomic mass is 10.3. The second-order valence-corrected chi connectivity index (χ2v) is 8.22. The number of anilines is 1. The van der Waals surface area contributed by atoms with Gasteiger partial charge < -0.3 is 5.32 Å². The number of hydrogen-bond donors (Lipinski definition) is 1. The standard InChI is InChI=1S/C20H15BrN4O3S/c21-13-4-1-5-14(10-13)23-17(26)12-24-16-7-2-8-22-18(16)19(27)25(20(24)28)11-15-6-3-9-29-15/h1-10H,11-12H2,(H,23,26). The third-order valence-corrected chi connectivity index (χ3v) is 5.65. The van der Waals surface area contributed by atoms with Crippen LogP contribution in [0.3, 0.4) is 0 Å². The fourth-order valence-electron chi connectivity index (χ4n) is 3.00. The second kappa shape index (κ2) is 8.14. The summed E-state index contributed by atoms with van der Waals surface area (Å²) in [4.78, 5) is 43.5. The minimum Gasteiger partial charge on any atom is -0.324 e. The smallest absolute Gasteiger partial charge is 0.324 e. The summed E-state index contributed by atoms with van der Waals surface area (Å²) in [6.07, 6.45) is 1.50. The number of halogens is 1. The molecule has 3 heterocycles. The van der Waals surface area contributed by atoms with Crippen LogP contribution < -0.4 is 16.6 Å². The predicted molar refractivity (Wildman–Crippen MR) is 116 cm³/mol. The maximum Gasteiger partial charge on any atom is 0.332 e. The molecule has 0 fully saturated rings. The summed E-state index contributed by atoms with van der Waals surface area (Å²) in [6.45, 7) is -0.104. The molecule has 3 aromatic heterocycles. The molecule has 0 saturated heterocycles. The van der Waals surface area contributed by atoms with Crippen molar-refractivity contribution in [3.8, 4) is 0 Å². The van der Waals surface area contributed by atoms with Crippen LogP contribution in [0.25, 0.3) is 11.0 Å². The zero-order chi connectivity index (χ0) is 20.4. The topological polar surface area (TPSA) is 86.0 Å². The summed E-state index contributed by atoms with van der Waals surface area (Å²) in [7, 11) is 0. The normalized spacial score (nSPS) is 10.9. The van der Waals surface area contributed by atoms with Crippen LogP contribution in [-0.2, 0) is 17.9 Å². The van der Waals surface area contributed by atoms with E-state index in [9.17, 15) is 14.4 Å². The van der Waals surface area contributed by atoms with Gasteiger partial charge in [-0.3, -0.25) is 18.7 Å². The molecule has 1 amide bonds. The van der Waals surface area contributed by atoms with Gasteiger partial charge in [0.2, 0.25) is 5.91 Å². The van der Waals surface area contributed by atoms with Crippen LogP contribution in [0.5, 0.6) is 0 Å². The van der Waals surface area contributed by atoms with Crippen molar-refractivity contribution in [1.29, 1.82) is 0 Å². The van der Waals surface area contributed by atoms with Crippen molar-refractivity contribution >= 4 is 49.9 Å². The van der Waals surface area contributed by atoms with Crippen molar-refractivity contribution in [3.05, 3.63) is 90.3 Å². The number of carbonyl (C=O) groups is 1. The van der Waals surface area contributed by atoms with E-state index in [-0.39, 0.29) is 24.5 Å². The van der Waals surface area contributed by atoms with E-state index < -0.39 is 11.2 Å². The van der Waals surface area contributed by atoms with Crippen LogP contribution in [0.4, 0.5) is 5.69 Å². The Bertz CT molecular complexity index is 1310. The largest absolute Gasteiger partial charge is 0.332 e. The molecule has 9 heteroatoms. The number of fused-ring (bicyclic) bond motifs is 1. The van der Waals surface area contributed by atoms with Crippen molar-refractivity contribution in [3.63, 3.8) is 0 Å². The van der Waals surface area contributed by atoms with E-state index in [4.69, 9.17) is 0 Å². The monoisotopic (exact) mass is 470 g/mol. The summed E-state index contributed by atoms with van der Waals surface area (Å²) >= 11 is 4.81. The summed E-state index contributed by atoms with van der Waals surface area (Å²) in [5.74, 6) is -0.378. The zero-order valence-electron chi connectivity index (χ0n) is 15.0. The summed E-state index contributed by atoms with van der Waals surface area (Å²) in [5, 5.41) is 4.65. The molecule has 0 saturated carbocycles. The number of hydrogen-bond acceptors (Lipinski definition) is 5. The van der Waals surface area contributed by atoms with Gasteiger partial charge in [0.25, 0.3) is 5.56 Å². The molecule has 0 spiro atoms. The molecule has 0 aliphatic heterocycles. The van der Waals surface area contributed by atoms with Gasteiger partial charge in [-0.1, -0.05) is 28.1 Å². The molecule has 4 rings (SSSR count). The fourth-order valence-corrected chi connectivity index (χ4v) is 4.10. The van der Waals surface area contributed by atoms with Crippen molar-refractivity contribution in [1.82, 2.24) is 14.1 Å². The minimum atomic E-state index is -0.548. The highest BCUT2D eigenvalue weighted by Crippen LogP contribution is 2.16. The van der Waals surface area contributed by atoms with Gasteiger partial charge in [0.05, 0.1) is 12.1 Å². The number of nitrogens with one attached hydrogen (secondary N) is 1. The number of thiophene rings is 1. The maximum absolute atomic E-state index is 13.1. The average Bonchev–Trinajstić information content (AvgIpc) is 3.22. The third kappa shape index (κ3) is 4.06. The number of aromatic nitrogens is 3. The maximum atomic E-state index is 13.1. The van der Waals surface area contributed by atoms with Crippen molar-refractivity contribution in [2.75, 3.05) is 5.32 Å². The van der Waals surface area contributed by atoms with Gasteiger partial charge in [-0.2, -0.15) is 0 Å². The number of carbonyl (C=O) groups excluding carboxylic acids is 1. The Morgan fingerprint density at radius 3 is 2.72 bits per heavy atom. The van der Waals surface area contributed by atoms with Gasteiger partial charge >= 0.3 is 5.69 Å². The second-order valence-electron chi connectivity index (χ2n) is 6.27. The Morgan fingerprint density at radius 2 is 1.97 bits per heavy atom. The first kappa shape index (κ1) is 19.3. The molecule has 4 aromatic rings. The van der Waals surface area contributed by atoms with E-state index in [2.05, 4.69) is 26.2 Å². The van der Waals surface area contributed by atoms with Crippen molar-refractivity contribution in [2.45, 2.75) is 13.1 Å². The average molecular weight is 471 g/mol. The lowest BCUT2D eigenvalue weighted by Crippen LogP contribution is -2.42. The molecule has 0 unspecified atom stereocenters. The van der Waals surface area contributed by atoms with Crippen LogP contribution >= 0.6 is 27.3 Å². The van der Waals surface area contributed by atoms with Crippen LogP contribution in [0.2, 0.25) is 0 Å². The minimum absolute atomic E-state index is 0.134. The van der Waals surface area contributed by atoms with E-state index in [1.807, 2.05) is 23.6 Å². The van der Waals surface area contributed by atoms with Gasteiger partial charge in [0.15, 0.2) is 5.52 Å². The van der Waals surface area contributed by atoms with Crippen LogP contribution in [0.1, 0.15) is 4.88 Å². The molecule has 146 valence electrons. The molecule has 1 N–H and O–H groups in total. The van der Waals surface area contributed by atoms with E-state index in [1.165, 1.54) is 22.1 Å². The Morgan fingerprint density at radius 1 is 1.10 bits per heavy atom. The predicted octanol–water partition coefficient (Wildman–Crippen LogP) is 3.07. The van der Waals surface area contributed by atoms with E-state index in [0.717, 1.165) is 13.9 Å². The molecule has 1 aromatic carbocycles. The number of amides is 1. The summed E-state index contributed by atoms with van der Waals surface area (Å²) in [5.41, 5.74) is 0.0657. The molecule has 0 atom stereocenters. The highest BCUT2D eigenvalue weighted by molar-refractivity contribution is 9.10. The lowest BCUT2D eigenvalue weighted by molar-refractivity contribution is -0.116. The van der Waals surface area contributed by atoms with E-state index >= 15 is 0 Å². The quantitative estimate of drug-likeness (QED) is 0.485. The van der Waals surface area contributed by atoms with Gasteiger partial charge in [-0.25, -0.2) is 9.78 Å². The van der Waals surface area contributed by atoms with Crippen molar-refractivity contribution in [2.24, 2.45) is 0 Å². The highest BCUT2D eigenvalue weighted by Gasteiger charge is 2.16. The molecule has 0 aliphatic rings. The fraction of sp³-hybridized carbons (Fsp3) is 0.100. The highest BCUT2D eigenvalue weighted by atomic mass is 79.9. The summed E-state index contributed by atoms with van der Waals surface area (Å²) < 4.78 is 3.23. The molecule has 29 heavy (non-hydrogen) atoms. The molecular formula is C20H15BrN4O3S. The zero-order valence-corrected chi connectivity index (χ0v) is 17.4. The van der Waals surface area contributed by atoms with E-state index in [0.29, 0.717) is 11.2 Å². The number of pyridine rings is 1. The molecule has 7 nitrogen and oxygen atoms in total. The Balaban J connectivity index is 1.75. The number of benzene rings is 1. The first-order chi connectivity index (χ1) is 14.0. The Kier molecular flexibility index (Phi) is 5.41. The first-order valence-corrected chi connectivity index (χ1v) is 10.4. The first-order valence-electron chi connectivity index (χ1n) is 8.69.